The van der Waals surface area contributed by atoms with E-state index in [2.05, 4.69) is 34.7 Å². The molecule has 0 radical (unpaired) electrons. The zero-order valence-corrected chi connectivity index (χ0v) is 23.3. The maximum atomic E-state index is 11.9. The SMILES string of the molecule is CCSSCCCN(CCCSSCC)CCNC(=O)OCCNC(=O)C(CN)NC(C)=O. The Morgan fingerprint density at radius 1 is 0.909 bits per heavy atom. The number of amides is 3. The summed E-state index contributed by atoms with van der Waals surface area (Å²) >= 11 is 0. The van der Waals surface area contributed by atoms with Gasteiger partial charge in [0.05, 0.1) is 6.54 Å². The van der Waals surface area contributed by atoms with Crippen molar-refractivity contribution < 1.29 is 19.1 Å². The van der Waals surface area contributed by atoms with E-state index in [1.807, 2.05) is 43.2 Å². The largest absolute Gasteiger partial charge is 0.448 e. The highest BCUT2D eigenvalue weighted by Gasteiger charge is 2.17. The minimum absolute atomic E-state index is 0.00445. The van der Waals surface area contributed by atoms with Crippen molar-refractivity contribution in [3.63, 3.8) is 0 Å². The molecule has 0 aliphatic rings. The predicted octanol–water partition coefficient (Wildman–Crippen LogP) is 2.18. The van der Waals surface area contributed by atoms with Crippen molar-refractivity contribution in [2.75, 3.05) is 68.9 Å². The van der Waals surface area contributed by atoms with Crippen LogP contribution in [0.15, 0.2) is 0 Å². The molecule has 3 amide bonds. The van der Waals surface area contributed by atoms with Crippen molar-refractivity contribution in [2.45, 2.75) is 39.7 Å². The highest BCUT2D eigenvalue weighted by atomic mass is 33.1. The van der Waals surface area contributed by atoms with E-state index in [-0.39, 0.29) is 25.6 Å². The van der Waals surface area contributed by atoms with Gasteiger partial charge in [-0.3, -0.25) is 9.59 Å². The van der Waals surface area contributed by atoms with Crippen LogP contribution in [0.1, 0.15) is 33.6 Å². The van der Waals surface area contributed by atoms with Crippen LogP contribution in [0, 0.1) is 0 Å². The van der Waals surface area contributed by atoms with Crippen molar-refractivity contribution in [3.05, 3.63) is 0 Å². The smallest absolute Gasteiger partial charge is 0.407 e. The Kier molecular flexibility index (Phi) is 22.9. The molecule has 9 nitrogen and oxygen atoms in total. The molecule has 0 saturated heterocycles. The number of nitrogens with two attached hydrogens (primary N) is 1. The van der Waals surface area contributed by atoms with E-state index >= 15 is 0 Å². The molecule has 13 heteroatoms. The second-order valence-electron chi connectivity index (χ2n) is 6.85. The third-order valence-corrected chi connectivity index (χ3v) is 9.20. The number of hydrogen-bond donors (Lipinski definition) is 4. The summed E-state index contributed by atoms with van der Waals surface area (Å²) in [5, 5.41) is 7.82. The zero-order valence-electron chi connectivity index (χ0n) is 20.1. The van der Waals surface area contributed by atoms with E-state index in [0.717, 1.165) is 55.5 Å². The summed E-state index contributed by atoms with van der Waals surface area (Å²) in [4.78, 5) is 37.3. The predicted molar refractivity (Wildman–Crippen MR) is 146 cm³/mol. The average molecular weight is 544 g/mol. The number of nitrogens with one attached hydrogen (secondary N) is 3. The van der Waals surface area contributed by atoms with Gasteiger partial charge in [0, 0.05) is 49.6 Å². The minimum atomic E-state index is -0.791. The summed E-state index contributed by atoms with van der Waals surface area (Å²) in [6, 6.07) is -0.791. The Labute approximate surface area is 214 Å². The Hall–Kier alpha value is -0.470. The molecule has 0 aromatic carbocycles. The van der Waals surface area contributed by atoms with Gasteiger partial charge in [0.25, 0.3) is 0 Å². The van der Waals surface area contributed by atoms with Crippen LogP contribution < -0.4 is 21.7 Å². The van der Waals surface area contributed by atoms with Gasteiger partial charge in [-0.05, 0) is 25.9 Å². The lowest BCUT2D eigenvalue weighted by Crippen LogP contribution is -2.50. The van der Waals surface area contributed by atoms with Gasteiger partial charge in [0.2, 0.25) is 11.8 Å². The third-order valence-electron chi connectivity index (χ3n) is 4.07. The quantitative estimate of drug-likeness (QED) is 0.126. The van der Waals surface area contributed by atoms with Crippen LogP contribution in [0.3, 0.4) is 0 Å². The molecule has 0 aromatic heterocycles. The normalized spacial score (nSPS) is 11.8. The summed E-state index contributed by atoms with van der Waals surface area (Å²) in [6.07, 6.45) is 1.74. The van der Waals surface area contributed by atoms with Crippen molar-refractivity contribution >= 4 is 61.1 Å². The highest BCUT2D eigenvalue weighted by molar-refractivity contribution is 8.77. The number of hydrogen-bond acceptors (Lipinski definition) is 10. The van der Waals surface area contributed by atoms with E-state index < -0.39 is 18.0 Å². The first kappa shape index (κ1) is 32.5. The molecule has 0 aliphatic carbocycles. The second-order valence-corrected chi connectivity index (χ2v) is 12.6. The molecule has 0 heterocycles. The molecule has 194 valence electrons. The third kappa shape index (κ3) is 20.6. The molecule has 33 heavy (non-hydrogen) atoms. The molecule has 0 saturated carbocycles. The topological polar surface area (TPSA) is 126 Å². The van der Waals surface area contributed by atoms with Gasteiger partial charge in [-0.25, -0.2) is 4.79 Å². The molecule has 0 rings (SSSR count). The first-order valence-electron chi connectivity index (χ1n) is 11.3. The maximum Gasteiger partial charge on any atom is 0.407 e. The molecular formula is C20H41N5O4S4. The number of nitrogens with zero attached hydrogens (tertiary/aromatic N) is 1. The summed E-state index contributed by atoms with van der Waals surface area (Å²) in [5.41, 5.74) is 5.48. The monoisotopic (exact) mass is 543 g/mol. The van der Waals surface area contributed by atoms with Gasteiger partial charge in [0.1, 0.15) is 12.6 Å². The van der Waals surface area contributed by atoms with Crippen molar-refractivity contribution in [1.29, 1.82) is 0 Å². The average Bonchev–Trinajstić information content (AvgIpc) is 2.79. The number of carbonyl (C=O) groups excluding carboxylic acids is 3. The zero-order chi connectivity index (χ0) is 24.7. The Morgan fingerprint density at radius 2 is 1.52 bits per heavy atom. The molecule has 0 bridgehead atoms. The van der Waals surface area contributed by atoms with Crippen molar-refractivity contribution in [2.24, 2.45) is 5.73 Å². The maximum absolute atomic E-state index is 11.9. The second kappa shape index (κ2) is 23.3. The summed E-state index contributed by atoms with van der Waals surface area (Å²) < 4.78 is 5.11. The van der Waals surface area contributed by atoms with Crippen LogP contribution in [0.5, 0.6) is 0 Å². The van der Waals surface area contributed by atoms with Crippen LogP contribution >= 0.6 is 43.2 Å². The van der Waals surface area contributed by atoms with E-state index in [9.17, 15) is 14.4 Å². The van der Waals surface area contributed by atoms with Gasteiger partial charge in [0.15, 0.2) is 0 Å². The molecule has 0 aromatic rings. The first-order valence-corrected chi connectivity index (χ1v) is 16.3. The Balaban J connectivity index is 4.10. The van der Waals surface area contributed by atoms with E-state index in [1.54, 1.807) is 0 Å². The lowest BCUT2D eigenvalue weighted by Gasteiger charge is -2.22. The standard InChI is InChI=1S/C20H41N5O4S4/c1-4-30-32-14-6-10-25(11-7-15-33-31-5-2)12-8-23-20(28)29-13-9-22-19(27)18(16-21)24-17(3)26/h18H,4-16,21H2,1-3H3,(H,22,27)(H,23,28)(H,24,26). The van der Waals surface area contributed by atoms with Crippen molar-refractivity contribution in [1.82, 2.24) is 20.9 Å². The number of alkyl carbamates (subject to hydrolysis) is 1. The van der Waals surface area contributed by atoms with Gasteiger partial charge in [-0.2, -0.15) is 0 Å². The Morgan fingerprint density at radius 3 is 2.03 bits per heavy atom. The van der Waals surface area contributed by atoms with E-state index in [0.29, 0.717) is 6.54 Å². The summed E-state index contributed by atoms with van der Waals surface area (Å²) in [5.74, 6) is 3.77. The summed E-state index contributed by atoms with van der Waals surface area (Å²) in [7, 11) is 7.61. The fourth-order valence-electron chi connectivity index (χ4n) is 2.60. The van der Waals surface area contributed by atoms with Crippen LogP contribution in [0.2, 0.25) is 0 Å². The Bertz CT molecular complexity index is 521. The fraction of sp³-hybridized carbons (Fsp3) is 0.850. The number of carbonyl (C=O) groups is 3. The van der Waals surface area contributed by atoms with Crippen molar-refractivity contribution in [3.8, 4) is 0 Å². The number of ether oxygens (including phenoxy) is 1. The molecule has 0 spiro atoms. The molecule has 1 atom stereocenters. The molecular weight excluding hydrogens is 503 g/mol. The minimum Gasteiger partial charge on any atom is -0.448 e. The summed E-state index contributed by atoms with van der Waals surface area (Å²) in [6.45, 7) is 9.15. The van der Waals surface area contributed by atoms with Gasteiger partial charge in [-0.15, -0.1) is 0 Å². The molecule has 0 fully saturated rings. The molecule has 1 unspecified atom stereocenters. The van der Waals surface area contributed by atoms with Crippen LogP contribution in [-0.4, -0.2) is 97.7 Å². The van der Waals surface area contributed by atoms with Crippen LogP contribution in [0.4, 0.5) is 4.79 Å². The fourth-order valence-corrected chi connectivity index (χ4v) is 6.08. The lowest BCUT2D eigenvalue weighted by molar-refractivity contribution is -0.127. The first-order chi connectivity index (χ1) is 15.9. The lowest BCUT2D eigenvalue weighted by atomic mass is 10.2. The van der Waals surface area contributed by atoms with Gasteiger partial charge in [-0.1, -0.05) is 57.0 Å². The highest BCUT2D eigenvalue weighted by Crippen LogP contribution is 2.22. The molecule has 5 N–H and O–H groups in total. The van der Waals surface area contributed by atoms with E-state index in [1.165, 1.54) is 6.92 Å². The van der Waals surface area contributed by atoms with Gasteiger partial charge >= 0.3 is 6.09 Å². The van der Waals surface area contributed by atoms with E-state index in [4.69, 9.17) is 10.5 Å². The van der Waals surface area contributed by atoms with Crippen LogP contribution in [0.25, 0.3) is 0 Å². The van der Waals surface area contributed by atoms with Gasteiger partial charge < -0.3 is 31.3 Å². The van der Waals surface area contributed by atoms with Crippen LogP contribution in [-0.2, 0) is 14.3 Å². The number of rotatable bonds is 21. The molecule has 0 aliphatic heterocycles.